The van der Waals surface area contributed by atoms with Crippen LogP contribution in [0.15, 0.2) is 24.3 Å². The molecule has 4 heteroatoms. The zero-order valence-electron chi connectivity index (χ0n) is 6.06. The first-order chi connectivity index (χ1) is 5.74. The van der Waals surface area contributed by atoms with E-state index in [4.69, 9.17) is 5.11 Å². The second-order valence-corrected chi connectivity index (χ2v) is 2.05. The highest BCUT2D eigenvalue weighted by Crippen LogP contribution is 2.09. The molecule has 0 aromatic heterocycles. The Hall–Kier alpha value is -1.84. The summed E-state index contributed by atoms with van der Waals surface area (Å²) in [5, 5.41) is 8.85. The lowest BCUT2D eigenvalue weighted by Crippen LogP contribution is -2.02. The van der Waals surface area contributed by atoms with Crippen molar-refractivity contribution in [2.75, 3.05) is 0 Å². The van der Waals surface area contributed by atoms with Gasteiger partial charge in [-0.2, -0.15) is 0 Å². The first-order valence-electron chi connectivity index (χ1n) is 3.17. The van der Waals surface area contributed by atoms with E-state index < -0.39 is 5.97 Å². The molecule has 1 rings (SSSR count). The molecule has 1 aromatic rings. The lowest BCUT2D eigenvalue weighted by Gasteiger charge is -1.96. The van der Waals surface area contributed by atoms with Gasteiger partial charge >= 0.3 is 12.4 Å². The summed E-state index contributed by atoms with van der Waals surface area (Å²) in [4.78, 5) is 20.6. The minimum atomic E-state index is -0.731. The highest BCUT2D eigenvalue weighted by Gasteiger charge is 2.04. The van der Waals surface area contributed by atoms with E-state index >= 15 is 0 Å². The van der Waals surface area contributed by atoms with E-state index in [0.29, 0.717) is 0 Å². The number of esters is 1. The summed E-state index contributed by atoms with van der Waals surface area (Å²) in [5.74, 6) is -0.678. The average molecular weight is 166 g/mol. The summed E-state index contributed by atoms with van der Waals surface area (Å²) in [6, 6.07) is 5.39. The van der Waals surface area contributed by atoms with Gasteiger partial charge in [0.05, 0.1) is 5.56 Å². The number of phenols is 1. The fourth-order valence-corrected chi connectivity index (χ4v) is 0.709. The van der Waals surface area contributed by atoms with Crippen molar-refractivity contribution in [3.63, 3.8) is 0 Å². The molecular weight excluding hydrogens is 160 g/mol. The van der Waals surface area contributed by atoms with Gasteiger partial charge in [0.2, 0.25) is 0 Å². The van der Waals surface area contributed by atoms with Crippen LogP contribution in [-0.2, 0) is 9.53 Å². The number of benzene rings is 1. The third-order valence-corrected chi connectivity index (χ3v) is 1.26. The largest absolute Gasteiger partial charge is 0.508 e. The molecule has 0 aliphatic heterocycles. The van der Waals surface area contributed by atoms with E-state index in [9.17, 15) is 9.59 Å². The molecule has 0 fully saturated rings. The van der Waals surface area contributed by atoms with Crippen LogP contribution in [0.3, 0.4) is 0 Å². The average Bonchev–Trinajstić information content (AvgIpc) is 2.06. The maximum absolute atomic E-state index is 10.8. The third-order valence-electron chi connectivity index (χ3n) is 1.26. The minimum Gasteiger partial charge on any atom is -0.508 e. The van der Waals surface area contributed by atoms with Gasteiger partial charge in [-0.3, -0.25) is 4.79 Å². The van der Waals surface area contributed by atoms with Gasteiger partial charge in [0.15, 0.2) is 0 Å². The third kappa shape index (κ3) is 1.82. The number of carbonyl (C=O) groups excluding carboxylic acids is 2. The topological polar surface area (TPSA) is 63.6 Å². The van der Waals surface area contributed by atoms with Crippen LogP contribution in [-0.4, -0.2) is 17.5 Å². The minimum absolute atomic E-state index is 0.0534. The highest BCUT2D eigenvalue weighted by molar-refractivity contribution is 5.93. The zero-order valence-corrected chi connectivity index (χ0v) is 6.06. The van der Waals surface area contributed by atoms with Gasteiger partial charge in [-0.05, 0) is 24.3 Å². The lowest BCUT2D eigenvalue weighted by atomic mass is 10.2. The molecule has 0 unspecified atom stereocenters. The summed E-state index contributed by atoms with van der Waals surface area (Å²) in [7, 11) is 0. The second kappa shape index (κ2) is 3.52. The van der Waals surface area contributed by atoms with E-state index in [2.05, 4.69) is 4.74 Å². The van der Waals surface area contributed by atoms with Gasteiger partial charge in [0.1, 0.15) is 5.75 Å². The first kappa shape index (κ1) is 8.26. The van der Waals surface area contributed by atoms with Gasteiger partial charge in [-0.15, -0.1) is 0 Å². The van der Waals surface area contributed by atoms with Crippen LogP contribution in [0.25, 0.3) is 0 Å². The van der Waals surface area contributed by atoms with Crippen LogP contribution in [0, 0.1) is 0 Å². The Bertz CT molecular complexity index is 288. The maximum Gasteiger partial charge on any atom is 0.345 e. The number of hydrogen-bond donors (Lipinski definition) is 1. The van der Waals surface area contributed by atoms with Gasteiger partial charge in [-0.25, -0.2) is 4.79 Å². The molecule has 0 saturated heterocycles. The molecule has 0 spiro atoms. The molecule has 0 bridgehead atoms. The summed E-state index contributed by atoms with van der Waals surface area (Å²) in [5.41, 5.74) is 0.222. The van der Waals surface area contributed by atoms with Crippen molar-refractivity contribution >= 4 is 12.4 Å². The number of rotatable bonds is 2. The van der Waals surface area contributed by atoms with Crippen molar-refractivity contribution in [1.82, 2.24) is 0 Å². The van der Waals surface area contributed by atoms with Crippen LogP contribution in [0.1, 0.15) is 10.4 Å². The van der Waals surface area contributed by atoms with Crippen molar-refractivity contribution in [3.05, 3.63) is 29.8 Å². The fourth-order valence-electron chi connectivity index (χ4n) is 0.709. The van der Waals surface area contributed by atoms with Crippen molar-refractivity contribution < 1.29 is 19.4 Å². The standard InChI is InChI=1S/C8H6O4/c9-5-12-8(11)6-1-3-7(10)4-2-6/h1-5,10H. The first-order valence-corrected chi connectivity index (χ1v) is 3.17. The Labute approximate surface area is 68.4 Å². The van der Waals surface area contributed by atoms with E-state index in [1.807, 2.05) is 0 Å². The number of ether oxygens (including phenoxy) is 1. The van der Waals surface area contributed by atoms with Crippen LogP contribution >= 0.6 is 0 Å². The fraction of sp³-hybridized carbons (Fsp3) is 0. The molecule has 0 aliphatic carbocycles. The molecule has 0 atom stereocenters. The monoisotopic (exact) mass is 166 g/mol. The second-order valence-electron chi connectivity index (χ2n) is 2.05. The number of phenolic OH excluding ortho intramolecular Hbond substituents is 1. The van der Waals surface area contributed by atoms with Gasteiger partial charge in [-0.1, -0.05) is 0 Å². The molecule has 12 heavy (non-hydrogen) atoms. The summed E-state index contributed by atoms with van der Waals surface area (Å²) < 4.78 is 4.07. The smallest absolute Gasteiger partial charge is 0.345 e. The zero-order chi connectivity index (χ0) is 8.97. The highest BCUT2D eigenvalue weighted by atomic mass is 16.6. The number of carbonyl (C=O) groups is 2. The molecular formula is C8H6O4. The van der Waals surface area contributed by atoms with Gasteiger partial charge < -0.3 is 9.84 Å². The van der Waals surface area contributed by atoms with E-state index in [1.54, 1.807) is 0 Å². The van der Waals surface area contributed by atoms with E-state index in [0.717, 1.165) is 0 Å². The molecule has 4 nitrogen and oxygen atoms in total. The molecule has 1 N–H and O–H groups in total. The number of aromatic hydroxyl groups is 1. The Balaban J connectivity index is 2.82. The summed E-state index contributed by atoms with van der Waals surface area (Å²) in [6.45, 7) is 0.0647. The Kier molecular flexibility index (Phi) is 2.42. The quantitative estimate of drug-likeness (QED) is 0.399. The Morgan fingerprint density at radius 2 is 1.92 bits per heavy atom. The molecule has 0 aliphatic rings. The van der Waals surface area contributed by atoms with Gasteiger partial charge in [0.25, 0.3) is 0 Å². The lowest BCUT2D eigenvalue weighted by molar-refractivity contribution is -0.123. The predicted molar refractivity (Wildman–Crippen MR) is 39.6 cm³/mol. The van der Waals surface area contributed by atoms with Crippen LogP contribution < -0.4 is 0 Å². The SMILES string of the molecule is O=COC(=O)c1ccc(O)cc1. The van der Waals surface area contributed by atoms with E-state index in [1.165, 1.54) is 24.3 Å². The van der Waals surface area contributed by atoms with Crippen molar-refractivity contribution in [2.24, 2.45) is 0 Å². The van der Waals surface area contributed by atoms with Crippen LogP contribution in [0.5, 0.6) is 5.75 Å². The summed E-state index contributed by atoms with van der Waals surface area (Å²) in [6.07, 6.45) is 0. The molecule has 0 radical (unpaired) electrons. The molecule has 62 valence electrons. The van der Waals surface area contributed by atoms with Crippen molar-refractivity contribution in [1.29, 1.82) is 0 Å². The molecule has 0 saturated carbocycles. The molecule has 0 amide bonds. The predicted octanol–water partition coefficient (Wildman–Crippen LogP) is 0.705. The Morgan fingerprint density at radius 1 is 1.33 bits per heavy atom. The number of hydrogen-bond acceptors (Lipinski definition) is 4. The van der Waals surface area contributed by atoms with Crippen molar-refractivity contribution in [2.45, 2.75) is 0 Å². The Morgan fingerprint density at radius 3 is 2.42 bits per heavy atom. The van der Waals surface area contributed by atoms with Crippen molar-refractivity contribution in [3.8, 4) is 5.75 Å². The molecule has 0 heterocycles. The summed E-state index contributed by atoms with van der Waals surface area (Å²) >= 11 is 0. The maximum atomic E-state index is 10.8. The normalized spacial score (nSPS) is 9.00. The molecule has 1 aromatic carbocycles. The van der Waals surface area contributed by atoms with Crippen LogP contribution in [0.4, 0.5) is 0 Å². The van der Waals surface area contributed by atoms with Crippen LogP contribution in [0.2, 0.25) is 0 Å². The van der Waals surface area contributed by atoms with E-state index in [-0.39, 0.29) is 17.8 Å². The van der Waals surface area contributed by atoms with Gasteiger partial charge in [0, 0.05) is 0 Å².